The van der Waals surface area contributed by atoms with Crippen molar-refractivity contribution < 1.29 is 17.9 Å². The van der Waals surface area contributed by atoms with Crippen molar-refractivity contribution in [2.45, 2.75) is 20.1 Å². The van der Waals surface area contributed by atoms with Gasteiger partial charge in [-0.2, -0.15) is 19.0 Å². The molecule has 0 saturated heterocycles. The predicted molar refractivity (Wildman–Crippen MR) is 79.6 cm³/mol. The van der Waals surface area contributed by atoms with Crippen LogP contribution < -0.4 is 10.3 Å². The van der Waals surface area contributed by atoms with E-state index < -0.39 is 18.0 Å². The molecule has 6 nitrogen and oxygen atoms in total. The number of rotatable bonds is 4. The summed E-state index contributed by atoms with van der Waals surface area (Å²) in [6.07, 6.45) is 1.46. The summed E-state index contributed by atoms with van der Waals surface area (Å²) in [5, 5.41) is 8.76. The fraction of sp³-hybridized carbons (Fsp3) is 0.267. The van der Waals surface area contributed by atoms with Crippen LogP contribution in [0.3, 0.4) is 0 Å². The Bertz CT molecular complexity index is 965. The first-order valence-corrected chi connectivity index (χ1v) is 6.99. The van der Waals surface area contributed by atoms with Crippen molar-refractivity contribution in [2.24, 2.45) is 7.05 Å². The minimum atomic E-state index is -3.05. The molecular weight excluding hydrogens is 325 g/mol. The molecule has 3 aromatic rings. The monoisotopic (exact) mass is 338 g/mol. The molecule has 1 aromatic carbocycles. The zero-order valence-electron chi connectivity index (χ0n) is 12.8. The summed E-state index contributed by atoms with van der Waals surface area (Å²) in [6.45, 7) is -1.52. The smallest absolute Gasteiger partial charge is 0.387 e. The van der Waals surface area contributed by atoms with Crippen LogP contribution >= 0.6 is 0 Å². The molecule has 0 spiro atoms. The lowest BCUT2D eigenvalue weighted by Crippen LogP contribution is -2.25. The number of hydrogen-bond donors (Lipinski definition) is 0. The third-order valence-electron chi connectivity index (χ3n) is 3.59. The highest BCUT2D eigenvalue weighted by atomic mass is 19.3. The highest BCUT2D eigenvalue weighted by Crippen LogP contribution is 2.22. The molecule has 0 atom stereocenters. The van der Waals surface area contributed by atoms with Gasteiger partial charge in [-0.3, -0.25) is 9.48 Å². The van der Waals surface area contributed by atoms with Crippen molar-refractivity contribution in [3.63, 3.8) is 0 Å². The van der Waals surface area contributed by atoms with E-state index in [0.29, 0.717) is 16.6 Å². The van der Waals surface area contributed by atoms with Crippen LogP contribution in [-0.4, -0.2) is 26.2 Å². The van der Waals surface area contributed by atoms with Gasteiger partial charge < -0.3 is 4.74 Å². The van der Waals surface area contributed by atoms with Crippen LogP contribution in [0.4, 0.5) is 13.2 Å². The number of aromatic nitrogens is 4. The van der Waals surface area contributed by atoms with Crippen LogP contribution in [0.25, 0.3) is 10.9 Å². The first kappa shape index (κ1) is 16.0. The molecule has 0 radical (unpaired) electrons. The number of hydrogen-bond acceptors (Lipinski definition) is 4. The molecule has 126 valence electrons. The topological polar surface area (TPSA) is 61.9 Å². The number of aryl methyl sites for hydroxylation is 2. The van der Waals surface area contributed by atoms with Gasteiger partial charge in [0, 0.05) is 18.0 Å². The Hall–Kier alpha value is -2.84. The van der Waals surface area contributed by atoms with E-state index in [9.17, 15) is 18.0 Å². The third-order valence-corrected chi connectivity index (χ3v) is 3.59. The second-order valence-electron chi connectivity index (χ2n) is 5.21. The fourth-order valence-corrected chi connectivity index (χ4v) is 2.54. The van der Waals surface area contributed by atoms with Crippen LogP contribution in [0.15, 0.2) is 29.2 Å². The second-order valence-corrected chi connectivity index (χ2v) is 5.21. The minimum Gasteiger partial charge on any atom is -0.434 e. The average molecular weight is 338 g/mol. The maximum absolute atomic E-state index is 13.4. The maximum Gasteiger partial charge on any atom is 0.387 e. The molecule has 0 fully saturated rings. The van der Waals surface area contributed by atoms with Gasteiger partial charge in [-0.05, 0) is 25.1 Å². The molecule has 3 rings (SSSR count). The number of alkyl halides is 2. The zero-order chi connectivity index (χ0) is 17.4. The van der Waals surface area contributed by atoms with Gasteiger partial charge in [-0.25, -0.2) is 9.07 Å². The fourth-order valence-electron chi connectivity index (χ4n) is 2.54. The molecule has 0 N–H and O–H groups in total. The Labute approximate surface area is 134 Å². The highest BCUT2D eigenvalue weighted by Gasteiger charge is 2.15. The lowest BCUT2D eigenvalue weighted by atomic mass is 10.2. The maximum atomic E-state index is 13.4. The lowest BCUT2D eigenvalue weighted by molar-refractivity contribution is -0.0505. The Morgan fingerprint density at radius 2 is 2.08 bits per heavy atom. The van der Waals surface area contributed by atoms with E-state index in [4.69, 9.17) is 0 Å². The van der Waals surface area contributed by atoms with Crippen LogP contribution in [0.5, 0.6) is 5.75 Å². The van der Waals surface area contributed by atoms with Crippen LogP contribution in [-0.2, 0) is 13.6 Å². The second kappa shape index (κ2) is 5.99. The highest BCUT2D eigenvalue weighted by molar-refractivity contribution is 5.79. The molecule has 0 saturated carbocycles. The van der Waals surface area contributed by atoms with Crippen molar-refractivity contribution in [3.8, 4) is 5.75 Å². The molecule has 0 aliphatic heterocycles. The molecule has 0 aliphatic carbocycles. The molecule has 0 aliphatic rings. The van der Waals surface area contributed by atoms with Gasteiger partial charge >= 0.3 is 6.61 Å². The van der Waals surface area contributed by atoms with Gasteiger partial charge in [0.15, 0.2) is 0 Å². The minimum absolute atomic E-state index is 0.0862. The summed E-state index contributed by atoms with van der Waals surface area (Å²) in [5.41, 5.74) is 0.609. The van der Waals surface area contributed by atoms with Crippen molar-refractivity contribution >= 4 is 10.9 Å². The number of halogens is 3. The summed E-state index contributed by atoms with van der Waals surface area (Å²) in [5.74, 6) is -0.835. The zero-order valence-corrected chi connectivity index (χ0v) is 12.8. The first-order valence-electron chi connectivity index (χ1n) is 6.99. The van der Waals surface area contributed by atoms with Gasteiger partial charge in [0.05, 0.1) is 18.4 Å². The van der Waals surface area contributed by atoms with Crippen LogP contribution in [0.2, 0.25) is 0 Å². The molecule has 9 heteroatoms. The van der Waals surface area contributed by atoms with E-state index in [-0.39, 0.29) is 17.9 Å². The Balaban J connectivity index is 2.07. The van der Waals surface area contributed by atoms with Gasteiger partial charge in [-0.1, -0.05) is 0 Å². The van der Waals surface area contributed by atoms with E-state index >= 15 is 0 Å². The molecule has 24 heavy (non-hydrogen) atoms. The summed E-state index contributed by atoms with van der Waals surface area (Å²) < 4.78 is 45.2. The molecule has 0 bridgehead atoms. The SMILES string of the molecule is Cc1nn(C)c2c(=O)n(Cc3cc(F)ccc3OC(F)F)ncc12. The number of ether oxygens (including phenoxy) is 1. The summed E-state index contributed by atoms with van der Waals surface area (Å²) in [4.78, 5) is 12.5. The van der Waals surface area contributed by atoms with E-state index in [2.05, 4.69) is 14.9 Å². The van der Waals surface area contributed by atoms with Crippen LogP contribution in [0, 0.1) is 12.7 Å². The Morgan fingerprint density at radius 3 is 2.79 bits per heavy atom. The molecule has 2 heterocycles. The number of fused-ring (bicyclic) bond motifs is 1. The first-order chi connectivity index (χ1) is 11.4. The van der Waals surface area contributed by atoms with Crippen molar-refractivity contribution in [3.05, 3.63) is 51.8 Å². The Kier molecular flexibility index (Phi) is 4.00. The largest absolute Gasteiger partial charge is 0.434 e. The summed E-state index contributed by atoms with van der Waals surface area (Å²) in [6, 6.07) is 3.13. The standard InChI is InChI=1S/C15H13F3N4O2/c1-8-11-6-19-22(14(23)13(11)21(2)20-8)7-9-5-10(16)3-4-12(9)24-15(17)18/h3-6,15H,7H2,1-2H3. The van der Waals surface area contributed by atoms with Crippen molar-refractivity contribution in [1.82, 2.24) is 19.6 Å². The van der Waals surface area contributed by atoms with E-state index in [0.717, 1.165) is 22.9 Å². The van der Waals surface area contributed by atoms with Gasteiger partial charge in [-0.15, -0.1) is 0 Å². The van der Waals surface area contributed by atoms with Gasteiger partial charge in [0.25, 0.3) is 5.56 Å². The van der Waals surface area contributed by atoms with E-state index in [1.165, 1.54) is 10.9 Å². The van der Waals surface area contributed by atoms with Gasteiger partial charge in [0.2, 0.25) is 0 Å². The normalized spacial score (nSPS) is 11.4. The van der Waals surface area contributed by atoms with Crippen molar-refractivity contribution in [2.75, 3.05) is 0 Å². The van der Waals surface area contributed by atoms with Gasteiger partial charge in [0.1, 0.15) is 17.1 Å². The Morgan fingerprint density at radius 1 is 1.33 bits per heavy atom. The molecule has 0 unspecified atom stereocenters. The molecule has 0 amide bonds. The molecule has 2 aromatic heterocycles. The summed E-state index contributed by atoms with van der Waals surface area (Å²) >= 11 is 0. The molecular formula is C15H13F3N4O2. The van der Waals surface area contributed by atoms with E-state index in [1.807, 2.05) is 0 Å². The summed E-state index contributed by atoms with van der Waals surface area (Å²) in [7, 11) is 1.62. The third kappa shape index (κ3) is 2.84. The van der Waals surface area contributed by atoms with E-state index in [1.54, 1.807) is 14.0 Å². The van der Waals surface area contributed by atoms with Crippen molar-refractivity contribution in [1.29, 1.82) is 0 Å². The number of nitrogens with zero attached hydrogens (tertiary/aromatic N) is 4. The number of benzene rings is 1. The average Bonchev–Trinajstić information content (AvgIpc) is 2.79. The lowest BCUT2D eigenvalue weighted by Gasteiger charge is -2.11. The quantitative estimate of drug-likeness (QED) is 0.732. The van der Waals surface area contributed by atoms with Crippen LogP contribution in [0.1, 0.15) is 11.3 Å². The predicted octanol–water partition coefficient (Wildman–Crippen LogP) is 2.23.